The summed E-state index contributed by atoms with van der Waals surface area (Å²) in [5.74, 6) is -0.711. The van der Waals surface area contributed by atoms with E-state index in [0.717, 1.165) is 10.4 Å². The van der Waals surface area contributed by atoms with Gasteiger partial charge in [-0.1, -0.05) is 0 Å². The lowest BCUT2D eigenvalue weighted by atomic mass is 10.2. The van der Waals surface area contributed by atoms with Crippen LogP contribution in [0.4, 0.5) is 0 Å². The van der Waals surface area contributed by atoms with Crippen molar-refractivity contribution < 1.29 is 18.6 Å². The van der Waals surface area contributed by atoms with E-state index in [0.29, 0.717) is 5.56 Å². The Morgan fingerprint density at radius 1 is 1.29 bits per heavy atom. The fourth-order valence-corrected chi connectivity index (χ4v) is 2.82. The monoisotopic (exact) mass is 215 g/mol. The first-order chi connectivity index (χ1) is 6.43. The molecule has 6 heteroatoms. The van der Waals surface area contributed by atoms with Crippen molar-refractivity contribution in [2.24, 2.45) is 0 Å². The molecule has 0 radical (unpaired) electrons. The summed E-state index contributed by atoms with van der Waals surface area (Å²) in [6.07, 6.45) is 0. The van der Waals surface area contributed by atoms with Gasteiger partial charge in [-0.3, -0.25) is 0 Å². The topological polar surface area (TPSA) is 77.8 Å². The minimum absolute atomic E-state index is 0.0651. The fraction of sp³-hybridized carbons (Fsp3) is 0.250. The van der Waals surface area contributed by atoms with E-state index in [-0.39, 0.29) is 17.2 Å². The normalized spacial score (nSPS) is 19.5. The largest absolute Gasteiger partial charge is 0.504 e. The molecule has 14 heavy (non-hydrogen) atoms. The molecule has 5 nitrogen and oxygen atoms in total. The van der Waals surface area contributed by atoms with Gasteiger partial charge in [0.25, 0.3) is 0 Å². The lowest BCUT2D eigenvalue weighted by molar-refractivity contribution is 0.401. The van der Waals surface area contributed by atoms with Crippen molar-refractivity contribution in [3.63, 3.8) is 0 Å². The zero-order chi connectivity index (χ0) is 10.5. The van der Waals surface area contributed by atoms with E-state index >= 15 is 0 Å². The molecule has 2 N–H and O–H groups in total. The van der Waals surface area contributed by atoms with Crippen LogP contribution in [0.3, 0.4) is 0 Å². The number of rotatable bonds is 0. The Morgan fingerprint density at radius 3 is 2.50 bits per heavy atom. The average molecular weight is 215 g/mol. The second-order valence-electron chi connectivity index (χ2n) is 3.21. The van der Waals surface area contributed by atoms with E-state index in [1.807, 2.05) is 0 Å². The number of hydrogen-bond donors (Lipinski definition) is 2. The van der Waals surface area contributed by atoms with Crippen molar-refractivity contribution in [1.82, 2.24) is 4.31 Å². The molecular weight excluding hydrogens is 206 g/mol. The molecule has 1 aromatic rings. The van der Waals surface area contributed by atoms with E-state index in [2.05, 4.69) is 0 Å². The maximum atomic E-state index is 11.6. The van der Waals surface area contributed by atoms with Crippen molar-refractivity contribution in [1.29, 1.82) is 0 Å². The van der Waals surface area contributed by atoms with Crippen LogP contribution in [0.25, 0.3) is 0 Å². The van der Waals surface area contributed by atoms with Crippen molar-refractivity contribution in [2.45, 2.75) is 11.4 Å². The molecule has 0 saturated carbocycles. The summed E-state index contributed by atoms with van der Waals surface area (Å²) >= 11 is 0. The molecule has 0 atom stereocenters. The zero-order valence-electron chi connectivity index (χ0n) is 7.43. The first kappa shape index (κ1) is 9.29. The minimum Gasteiger partial charge on any atom is -0.504 e. The van der Waals surface area contributed by atoms with Crippen LogP contribution in [0.2, 0.25) is 0 Å². The molecule has 0 saturated heterocycles. The maximum Gasteiger partial charge on any atom is 0.243 e. The third-order valence-corrected chi connectivity index (χ3v) is 4.12. The lowest BCUT2D eigenvalue weighted by Gasteiger charge is -2.04. The molecule has 1 aliphatic heterocycles. The number of nitrogens with zero attached hydrogens (tertiary/aromatic N) is 1. The second kappa shape index (κ2) is 2.61. The Kier molecular flexibility index (Phi) is 1.73. The quantitative estimate of drug-likeness (QED) is 0.607. The van der Waals surface area contributed by atoms with Gasteiger partial charge in [-0.05, 0) is 11.6 Å². The summed E-state index contributed by atoms with van der Waals surface area (Å²) in [4.78, 5) is 0.0651. The van der Waals surface area contributed by atoms with Gasteiger partial charge in [0.05, 0.1) is 4.90 Å². The first-order valence-corrected chi connectivity index (χ1v) is 5.38. The summed E-state index contributed by atoms with van der Waals surface area (Å²) in [5.41, 5.74) is 0.503. The highest BCUT2D eigenvalue weighted by Crippen LogP contribution is 2.36. The molecule has 0 aromatic heterocycles. The molecule has 1 aliphatic rings. The van der Waals surface area contributed by atoms with Gasteiger partial charge in [0.2, 0.25) is 10.0 Å². The predicted molar refractivity (Wildman–Crippen MR) is 48.4 cm³/mol. The summed E-state index contributed by atoms with van der Waals surface area (Å²) in [5, 5.41) is 18.3. The van der Waals surface area contributed by atoms with Crippen LogP contribution in [0.5, 0.6) is 11.5 Å². The van der Waals surface area contributed by atoms with E-state index in [1.54, 1.807) is 0 Å². The molecule has 0 spiro atoms. The van der Waals surface area contributed by atoms with Gasteiger partial charge in [0.1, 0.15) is 0 Å². The zero-order valence-corrected chi connectivity index (χ0v) is 8.24. The second-order valence-corrected chi connectivity index (χ2v) is 5.22. The highest BCUT2D eigenvalue weighted by molar-refractivity contribution is 7.89. The maximum absolute atomic E-state index is 11.6. The van der Waals surface area contributed by atoms with Crippen molar-refractivity contribution in [3.8, 4) is 11.5 Å². The molecule has 1 heterocycles. The van der Waals surface area contributed by atoms with E-state index in [1.165, 1.54) is 13.1 Å². The minimum atomic E-state index is -3.46. The molecule has 2 rings (SSSR count). The van der Waals surface area contributed by atoms with Gasteiger partial charge in [-0.15, -0.1) is 0 Å². The average Bonchev–Trinajstić information content (AvgIpc) is 2.28. The van der Waals surface area contributed by atoms with Crippen LogP contribution < -0.4 is 0 Å². The molecule has 0 unspecified atom stereocenters. The number of aromatic hydroxyl groups is 2. The number of phenolic OH excluding ortho intramolecular Hbond substituents is 2. The van der Waals surface area contributed by atoms with Gasteiger partial charge in [0.15, 0.2) is 11.5 Å². The smallest absolute Gasteiger partial charge is 0.243 e. The van der Waals surface area contributed by atoms with Crippen molar-refractivity contribution >= 4 is 10.0 Å². The number of fused-ring (bicyclic) bond motifs is 1. The lowest BCUT2D eigenvalue weighted by Crippen LogP contribution is -2.18. The van der Waals surface area contributed by atoms with E-state index in [4.69, 9.17) is 5.11 Å². The fourth-order valence-electron chi connectivity index (χ4n) is 1.46. The van der Waals surface area contributed by atoms with Crippen molar-refractivity contribution in [2.75, 3.05) is 7.05 Å². The van der Waals surface area contributed by atoms with Crippen LogP contribution in [-0.4, -0.2) is 30.0 Å². The summed E-state index contributed by atoms with van der Waals surface area (Å²) in [7, 11) is -2.01. The van der Waals surface area contributed by atoms with Crippen LogP contribution in [-0.2, 0) is 16.6 Å². The number of phenols is 2. The molecule has 0 amide bonds. The SMILES string of the molecule is CN1Cc2cc(O)c(O)cc2S1(=O)=O. The summed E-state index contributed by atoms with van der Waals surface area (Å²) in [6, 6.07) is 2.34. The van der Waals surface area contributed by atoms with E-state index < -0.39 is 15.8 Å². The summed E-state index contributed by atoms with van der Waals surface area (Å²) in [6.45, 7) is 0.228. The van der Waals surface area contributed by atoms with Crippen molar-refractivity contribution in [3.05, 3.63) is 17.7 Å². The molecule has 1 aromatic carbocycles. The molecule has 76 valence electrons. The highest BCUT2D eigenvalue weighted by Gasteiger charge is 2.32. The molecular formula is C8H9NO4S. The standard InChI is InChI=1S/C8H9NO4S/c1-9-4-5-2-6(10)7(11)3-8(5)14(9,12)13/h2-3,10-11H,4H2,1H3. The van der Waals surface area contributed by atoms with Gasteiger partial charge >= 0.3 is 0 Å². The Morgan fingerprint density at radius 2 is 1.86 bits per heavy atom. The Balaban J connectivity index is 2.73. The van der Waals surface area contributed by atoms with E-state index in [9.17, 15) is 13.5 Å². The van der Waals surface area contributed by atoms with Crippen LogP contribution >= 0.6 is 0 Å². The third-order valence-electron chi connectivity index (χ3n) is 2.24. The van der Waals surface area contributed by atoms with Crippen LogP contribution in [0.15, 0.2) is 17.0 Å². The Labute approximate surface area is 81.3 Å². The molecule has 0 bridgehead atoms. The van der Waals surface area contributed by atoms with Gasteiger partial charge in [-0.2, -0.15) is 4.31 Å². The number of hydrogen-bond acceptors (Lipinski definition) is 4. The molecule has 0 aliphatic carbocycles. The third kappa shape index (κ3) is 1.08. The predicted octanol–water partition coefficient (Wildman–Crippen LogP) is 0.232. The molecule has 0 fully saturated rings. The number of sulfonamides is 1. The number of benzene rings is 1. The highest BCUT2D eigenvalue weighted by atomic mass is 32.2. The Bertz CT molecular complexity index is 494. The van der Waals surface area contributed by atoms with Gasteiger partial charge < -0.3 is 10.2 Å². The van der Waals surface area contributed by atoms with Crippen LogP contribution in [0.1, 0.15) is 5.56 Å². The van der Waals surface area contributed by atoms with Gasteiger partial charge in [0, 0.05) is 19.7 Å². The Hall–Kier alpha value is -1.27. The summed E-state index contributed by atoms with van der Waals surface area (Å²) < 4.78 is 24.3. The first-order valence-electron chi connectivity index (χ1n) is 3.94. The van der Waals surface area contributed by atoms with Crippen LogP contribution in [0, 0.1) is 0 Å². The van der Waals surface area contributed by atoms with Gasteiger partial charge in [-0.25, -0.2) is 8.42 Å².